The van der Waals surface area contributed by atoms with Gasteiger partial charge in [-0.25, -0.2) is 14.4 Å². The lowest BCUT2D eigenvalue weighted by molar-refractivity contribution is 0.628. The molecule has 5 nitrogen and oxygen atoms in total. The van der Waals surface area contributed by atoms with Crippen molar-refractivity contribution >= 4 is 16.9 Å². The van der Waals surface area contributed by atoms with E-state index in [-0.39, 0.29) is 5.82 Å². The lowest BCUT2D eigenvalue weighted by atomic mass is 10.1. The summed E-state index contributed by atoms with van der Waals surface area (Å²) in [5.41, 5.74) is 1.46. The summed E-state index contributed by atoms with van der Waals surface area (Å²) in [6.45, 7) is 0. The predicted molar refractivity (Wildman–Crippen MR) is 71.2 cm³/mol. The molecule has 6 heteroatoms. The molecule has 0 aliphatic heterocycles. The maximum atomic E-state index is 14.5. The quantitative estimate of drug-likeness (QED) is 0.764. The van der Waals surface area contributed by atoms with Gasteiger partial charge in [0.05, 0.1) is 11.9 Å². The molecule has 0 atom stereocenters. The third-order valence-corrected chi connectivity index (χ3v) is 3.00. The van der Waals surface area contributed by atoms with Crippen LogP contribution in [0, 0.1) is 5.82 Å². The average molecular weight is 257 g/mol. The van der Waals surface area contributed by atoms with Crippen molar-refractivity contribution in [2.75, 3.05) is 12.4 Å². The monoisotopic (exact) mass is 257 g/mol. The molecule has 0 unspecified atom stereocenters. The summed E-state index contributed by atoms with van der Waals surface area (Å²) in [6.07, 6.45) is 3.24. The zero-order chi connectivity index (χ0) is 13.4. The van der Waals surface area contributed by atoms with Crippen LogP contribution in [0.5, 0.6) is 0 Å². The topological polar surface area (TPSA) is 55.6 Å². The zero-order valence-corrected chi connectivity index (χ0v) is 10.6. The number of rotatable bonds is 2. The fourth-order valence-electron chi connectivity index (χ4n) is 2.05. The first-order valence-electron chi connectivity index (χ1n) is 5.82. The Morgan fingerprint density at radius 1 is 1.26 bits per heavy atom. The van der Waals surface area contributed by atoms with E-state index in [1.807, 2.05) is 6.07 Å². The van der Waals surface area contributed by atoms with Crippen molar-refractivity contribution in [2.45, 2.75) is 0 Å². The van der Waals surface area contributed by atoms with E-state index in [0.29, 0.717) is 22.7 Å². The van der Waals surface area contributed by atoms with Crippen molar-refractivity contribution in [3.05, 3.63) is 36.4 Å². The summed E-state index contributed by atoms with van der Waals surface area (Å²) in [7, 11) is 3.44. The molecule has 0 amide bonds. The van der Waals surface area contributed by atoms with Crippen LogP contribution >= 0.6 is 0 Å². The molecule has 2 heterocycles. The van der Waals surface area contributed by atoms with Gasteiger partial charge in [0.25, 0.3) is 0 Å². The van der Waals surface area contributed by atoms with Gasteiger partial charge in [-0.15, -0.1) is 0 Å². The van der Waals surface area contributed by atoms with Gasteiger partial charge >= 0.3 is 0 Å². The number of fused-ring (bicyclic) bond motifs is 1. The Kier molecular flexibility index (Phi) is 2.63. The Balaban J connectivity index is 2.24. The SMILES string of the molecule is CNc1nccc(-c2ccc3cnn(C)c3c2F)n1. The number of hydrogen-bond acceptors (Lipinski definition) is 4. The van der Waals surface area contributed by atoms with Gasteiger partial charge in [0.1, 0.15) is 5.52 Å². The summed E-state index contributed by atoms with van der Waals surface area (Å²) in [4.78, 5) is 8.27. The molecule has 0 aliphatic carbocycles. The van der Waals surface area contributed by atoms with Crippen molar-refractivity contribution in [3.63, 3.8) is 0 Å². The third kappa shape index (κ3) is 1.81. The Morgan fingerprint density at radius 3 is 2.89 bits per heavy atom. The molecule has 3 rings (SSSR count). The van der Waals surface area contributed by atoms with Gasteiger partial charge in [0, 0.05) is 31.2 Å². The van der Waals surface area contributed by atoms with Gasteiger partial charge in [-0.2, -0.15) is 5.10 Å². The largest absolute Gasteiger partial charge is 0.357 e. The number of benzene rings is 1. The fourth-order valence-corrected chi connectivity index (χ4v) is 2.05. The molecule has 2 aromatic heterocycles. The van der Waals surface area contributed by atoms with E-state index in [1.165, 1.54) is 4.68 Å². The van der Waals surface area contributed by atoms with E-state index in [1.54, 1.807) is 38.6 Å². The molecule has 0 bridgehead atoms. The van der Waals surface area contributed by atoms with Crippen LogP contribution in [0.4, 0.5) is 10.3 Å². The van der Waals surface area contributed by atoms with Crippen LogP contribution < -0.4 is 5.32 Å². The van der Waals surface area contributed by atoms with Crippen LogP contribution in [0.3, 0.4) is 0 Å². The molecule has 96 valence electrons. The van der Waals surface area contributed by atoms with Gasteiger partial charge in [-0.05, 0) is 12.1 Å². The van der Waals surface area contributed by atoms with Crippen molar-refractivity contribution in [1.82, 2.24) is 19.7 Å². The van der Waals surface area contributed by atoms with Gasteiger partial charge in [0.15, 0.2) is 5.82 Å². The molecular formula is C13H12FN5. The fraction of sp³-hybridized carbons (Fsp3) is 0.154. The summed E-state index contributed by atoms with van der Waals surface area (Å²) in [6, 6.07) is 5.23. The molecule has 19 heavy (non-hydrogen) atoms. The Hall–Kier alpha value is -2.50. The molecule has 0 fully saturated rings. The first-order valence-corrected chi connectivity index (χ1v) is 5.82. The lowest BCUT2D eigenvalue weighted by Crippen LogP contribution is -1.99. The number of nitrogens with one attached hydrogen (secondary N) is 1. The predicted octanol–water partition coefficient (Wildman–Crippen LogP) is 2.21. The van der Waals surface area contributed by atoms with Gasteiger partial charge in [-0.3, -0.25) is 4.68 Å². The number of nitrogens with zero attached hydrogens (tertiary/aromatic N) is 4. The molecule has 3 aromatic rings. The van der Waals surface area contributed by atoms with E-state index >= 15 is 0 Å². The minimum Gasteiger partial charge on any atom is -0.357 e. The van der Waals surface area contributed by atoms with Crippen molar-refractivity contribution in [1.29, 1.82) is 0 Å². The Bertz CT molecular complexity index is 750. The second-order valence-electron chi connectivity index (χ2n) is 4.15. The van der Waals surface area contributed by atoms with E-state index in [2.05, 4.69) is 20.4 Å². The molecule has 0 saturated heterocycles. The molecule has 0 saturated carbocycles. The van der Waals surface area contributed by atoms with Crippen molar-refractivity contribution < 1.29 is 4.39 Å². The summed E-state index contributed by atoms with van der Waals surface area (Å²) >= 11 is 0. The van der Waals surface area contributed by atoms with Crippen LogP contribution in [0.1, 0.15) is 0 Å². The van der Waals surface area contributed by atoms with Crippen LogP contribution in [-0.2, 0) is 7.05 Å². The number of anilines is 1. The summed E-state index contributed by atoms with van der Waals surface area (Å²) in [5, 5.41) is 7.66. The number of hydrogen-bond donors (Lipinski definition) is 1. The number of halogens is 1. The highest BCUT2D eigenvalue weighted by Crippen LogP contribution is 2.27. The zero-order valence-electron chi connectivity index (χ0n) is 10.6. The molecule has 0 spiro atoms. The maximum Gasteiger partial charge on any atom is 0.222 e. The van der Waals surface area contributed by atoms with Gasteiger partial charge < -0.3 is 5.32 Å². The standard InChI is InChI=1S/C13H12FN5/c1-15-13-16-6-5-10(18-13)9-4-3-8-7-17-19(2)12(8)11(9)14/h3-7H,1-2H3,(H,15,16,18). The van der Waals surface area contributed by atoms with E-state index in [4.69, 9.17) is 0 Å². The van der Waals surface area contributed by atoms with Crippen molar-refractivity contribution in [2.24, 2.45) is 7.05 Å². The Morgan fingerprint density at radius 2 is 2.11 bits per heavy atom. The minimum atomic E-state index is -0.321. The highest BCUT2D eigenvalue weighted by Gasteiger charge is 2.13. The van der Waals surface area contributed by atoms with Crippen LogP contribution in [0.25, 0.3) is 22.2 Å². The highest BCUT2D eigenvalue weighted by molar-refractivity contribution is 5.84. The van der Waals surface area contributed by atoms with E-state index in [0.717, 1.165) is 5.39 Å². The first kappa shape index (κ1) is 11.6. The second-order valence-corrected chi connectivity index (χ2v) is 4.15. The summed E-state index contributed by atoms with van der Waals surface area (Å²) < 4.78 is 16.1. The molecule has 1 N–H and O–H groups in total. The van der Waals surface area contributed by atoms with Gasteiger partial charge in [-0.1, -0.05) is 6.07 Å². The maximum absolute atomic E-state index is 14.5. The van der Waals surface area contributed by atoms with Crippen molar-refractivity contribution in [3.8, 4) is 11.3 Å². The Labute approximate surface area is 109 Å². The molecule has 0 aliphatic rings. The van der Waals surface area contributed by atoms with Crippen LogP contribution in [-0.4, -0.2) is 26.8 Å². The summed E-state index contributed by atoms with van der Waals surface area (Å²) in [5.74, 6) is 0.139. The van der Waals surface area contributed by atoms with E-state index in [9.17, 15) is 4.39 Å². The van der Waals surface area contributed by atoms with Crippen LogP contribution in [0.2, 0.25) is 0 Å². The first-order chi connectivity index (χ1) is 9.20. The molecule has 1 aromatic carbocycles. The number of aromatic nitrogens is 4. The number of aryl methyl sites for hydroxylation is 1. The van der Waals surface area contributed by atoms with Crippen LogP contribution in [0.15, 0.2) is 30.6 Å². The van der Waals surface area contributed by atoms with E-state index < -0.39 is 0 Å². The molecule has 0 radical (unpaired) electrons. The average Bonchev–Trinajstić information content (AvgIpc) is 2.82. The third-order valence-electron chi connectivity index (χ3n) is 3.00. The minimum absolute atomic E-state index is 0.321. The van der Waals surface area contributed by atoms with Gasteiger partial charge in [0.2, 0.25) is 5.95 Å². The second kappa shape index (κ2) is 4.31. The normalized spacial score (nSPS) is 10.9. The molecular weight excluding hydrogens is 245 g/mol. The smallest absolute Gasteiger partial charge is 0.222 e. The lowest BCUT2D eigenvalue weighted by Gasteiger charge is -2.06. The highest BCUT2D eigenvalue weighted by atomic mass is 19.1.